The van der Waals surface area contributed by atoms with Crippen molar-refractivity contribution < 1.29 is 4.42 Å². The summed E-state index contributed by atoms with van der Waals surface area (Å²) in [6.45, 7) is 2.54. The molecule has 1 aliphatic heterocycles. The van der Waals surface area contributed by atoms with Gasteiger partial charge < -0.3 is 4.42 Å². The molecule has 0 saturated carbocycles. The van der Waals surface area contributed by atoms with E-state index >= 15 is 0 Å². The first-order chi connectivity index (χ1) is 11.3. The predicted molar refractivity (Wildman–Crippen MR) is 86.8 cm³/mol. The minimum absolute atomic E-state index is 0.717. The van der Waals surface area contributed by atoms with Crippen LogP contribution in [0.4, 0.5) is 0 Å². The molecule has 6 heteroatoms. The van der Waals surface area contributed by atoms with Crippen molar-refractivity contribution in [2.45, 2.75) is 19.5 Å². The molecule has 0 fully saturated rings. The molecule has 0 radical (unpaired) electrons. The average Bonchev–Trinajstić information content (AvgIpc) is 3.08. The monoisotopic (exact) mass is 326 g/mol. The lowest BCUT2D eigenvalue weighted by atomic mass is 10.1. The number of hydrogen-bond acceptors (Lipinski definition) is 5. The van der Waals surface area contributed by atoms with Gasteiger partial charge in [0.05, 0.1) is 18.4 Å². The van der Waals surface area contributed by atoms with E-state index in [-0.39, 0.29) is 0 Å². The first kappa shape index (κ1) is 14.4. The van der Waals surface area contributed by atoms with Crippen molar-refractivity contribution in [3.05, 3.63) is 65.1 Å². The van der Waals surface area contributed by atoms with Gasteiger partial charge in [-0.05, 0) is 24.3 Å². The Labute approximate surface area is 139 Å². The Balaban J connectivity index is 1.53. The highest BCUT2D eigenvalue weighted by molar-refractivity contribution is 6.30. The zero-order valence-corrected chi connectivity index (χ0v) is 13.2. The van der Waals surface area contributed by atoms with Crippen LogP contribution in [0.3, 0.4) is 0 Å². The second kappa shape index (κ2) is 6.10. The summed E-state index contributed by atoms with van der Waals surface area (Å²) < 4.78 is 5.32. The van der Waals surface area contributed by atoms with Crippen molar-refractivity contribution in [2.24, 2.45) is 0 Å². The largest absolute Gasteiger partial charge is 0.447 e. The van der Waals surface area contributed by atoms with Crippen LogP contribution in [0.1, 0.15) is 17.0 Å². The van der Waals surface area contributed by atoms with E-state index < -0.39 is 0 Å². The van der Waals surface area contributed by atoms with Crippen molar-refractivity contribution in [1.82, 2.24) is 19.9 Å². The molecule has 0 N–H and O–H groups in total. The Bertz CT molecular complexity index is 802. The van der Waals surface area contributed by atoms with Gasteiger partial charge in [-0.3, -0.25) is 4.90 Å². The molecule has 23 heavy (non-hydrogen) atoms. The van der Waals surface area contributed by atoms with Crippen molar-refractivity contribution in [2.75, 3.05) is 6.54 Å². The summed E-state index contributed by atoms with van der Waals surface area (Å²) in [4.78, 5) is 15.5. The van der Waals surface area contributed by atoms with Crippen LogP contribution in [0.15, 0.2) is 47.5 Å². The van der Waals surface area contributed by atoms with E-state index in [4.69, 9.17) is 21.0 Å². The van der Waals surface area contributed by atoms with Crippen LogP contribution in [-0.2, 0) is 19.5 Å². The van der Waals surface area contributed by atoms with Gasteiger partial charge in [0.1, 0.15) is 5.76 Å². The maximum Gasteiger partial charge on any atom is 0.180 e. The lowest BCUT2D eigenvalue weighted by Crippen LogP contribution is -2.30. The van der Waals surface area contributed by atoms with Crippen LogP contribution in [0.25, 0.3) is 11.4 Å². The molecular weight excluding hydrogens is 312 g/mol. The maximum atomic E-state index is 5.93. The SMILES string of the molecule is Clc1ccc(-c2ncc3c(n2)CCN(Cc2cnco2)C3)cc1. The van der Waals surface area contributed by atoms with Crippen molar-refractivity contribution in [3.63, 3.8) is 0 Å². The molecule has 3 heterocycles. The molecule has 4 rings (SSSR count). The van der Waals surface area contributed by atoms with Gasteiger partial charge in [0.25, 0.3) is 0 Å². The Morgan fingerprint density at radius 3 is 2.83 bits per heavy atom. The van der Waals surface area contributed by atoms with Gasteiger partial charge in [0, 0.05) is 41.9 Å². The molecule has 0 atom stereocenters. The summed E-state index contributed by atoms with van der Waals surface area (Å²) in [5.41, 5.74) is 3.29. The number of fused-ring (bicyclic) bond motifs is 1. The van der Waals surface area contributed by atoms with Crippen molar-refractivity contribution in [3.8, 4) is 11.4 Å². The fourth-order valence-corrected chi connectivity index (χ4v) is 2.91. The van der Waals surface area contributed by atoms with E-state index in [1.165, 1.54) is 12.0 Å². The highest BCUT2D eigenvalue weighted by Gasteiger charge is 2.19. The molecule has 2 aromatic heterocycles. The number of aromatic nitrogens is 3. The van der Waals surface area contributed by atoms with Gasteiger partial charge in [0.15, 0.2) is 12.2 Å². The minimum atomic E-state index is 0.717. The van der Waals surface area contributed by atoms with Gasteiger partial charge in [-0.15, -0.1) is 0 Å². The summed E-state index contributed by atoms with van der Waals surface area (Å²) in [5.74, 6) is 1.64. The summed E-state index contributed by atoms with van der Waals surface area (Å²) in [6.07, 6.45) is 6.07. The standard InChI is InChI=1S/C17H15ClN4O/c18-14-3-1-12(2-4-14)17-20-7-13-9-22(6-5-16(13)21-17)10-15-8-19-11-23-15/h1-4,7-8,11H,5-6,9-10H2. The number of hydrogen-bond donors (Lipinski definition) is 0. The van der Waals surface area contributed by atoms with Gasteiger partial charge in [0.2, 0.25) is 0 Å². The van der Waals surface area contributed by atoms with Crippen LogP contribution < -0.4 is 0 Å². The molecule has 0 aliphatic carbocycles. The fourth-order valence-electron chi connectivity index (χ4n) is 2.79. The zero-order chi connectivity index (χ0) is 15.6. The van der Waals surface area contributed by atoms with Crippen molar-refractivity contribution >= 4 is 11.6 Å². The van der Waals surface area contributed by atoms with Crippen LogP contribution >= 0.6 is 11.6 Å². The summed E-state index contributed by atoms with van der Waals surface area (Å²) in [6, 6.07) is 7.61. The highest BCUT2D eigenvalue weighted by Crippen LogP contribution is 2.23. The van der Waals surface area contributed by atoms with E-state index in [0.29, 0.717) is 0 Å². The molecule has 0 bridgehead atoms. The second-order valence-electron chi connectivity index (χ2n) is 5.60. The molecule has 1 aliphatic rings. The smallest absolute Gasteiger partial charge is 0.180 e. The quantitative estimate of drug-likeness (QED) is 0.739. The maximum absolute atomic E-state index is 5.93. The number of halogens is 1. The van der Waals surface area contributed by atoms with Gasteiger partial charge in [-0.25, -0.2) is 15.0 Å². The molecule has 116 valence electrons. The average molecular weight is 327 g/mol. The summed E-state index contributed by atoms with van der Waals surface area (Å²) in [7, 11) is 0. The Morgan fingerprint density at radius 1 is 1.17 bits per heavy atom. The van der Waals surface area contributed by atoms with E-state index in [1.54, 1.807) is 6.20 Å². The molecule has 1 aromatic carbocycles. The predicted octanol–water partition coefficient (Wildman–Crippen LogP) is 3.34. The van der Waals surface area contributed by atoms with Gasteiger partial charge in [-0.2, -0.15) is 0 Å². The Kier molecular flexibility index (Phi) is 3.81. The third-order valence-corrected chi connectivity index (χ3v) is 4.23. The van der Waals surface area contributed by atoms with E-state index in [0.717, 1.165) is 53.9 Å². The third-order valence-electron chi connectivity index (χ3n) is 3.98. The molecule has 5 nitrogen and oxygen atoms in total. The number of rotatable bonds is 3. The molecule has 3 aromatic rings. The van der Waals surface area contributed by atoms with E-state index in [1.807, 2.05) is 30.5 Å². The van der Waals surface area contributed by atoms with Crippen LogP contribution in [0.2, 0.25) is 5.02 Å². The molecule has 0 unspecified atom stereocenters. The highest BCUT2D eigenvalue weighted by atomic mass is 35.5. The Hall–Kier alpha value is -2.24. The van der Waals surface area contributed by atoms with Crippen LogP contribution in [0.5, 0.6) is 0 Å². The number of oxazole rings is 1. The van der Waals surface area contributed by atoms with Crippen LogP contribution in [-0.4, -0.2) is 26.4 Å². The normalized spacial score (nSPS) is 14.7. The minimum Gasteiger partial charge on any atom is -0.447 e. The lowest BCUT2D eigenvalue weighted by Gasteiger charge is -2.27. The molecule has 0 spiro atoms. The fraction of sp³-hybridized carbons (Fsp3) is 0.235. The third kappa shape index (κ3) is 3.11. The van der Waals surface area contributed by atoms with Gasteiger partial charge >= 0.3 is 0 Å². The number of benzene rings is 1. The first-order valence-corrected chi connectivity index (χ1v) is 7.86. The van der Waals surface area contributed by atoms with E-state index in [2.05, 4.69) is 14.9 Å². The molecular formula is C17H15ClN4O. The molecule has 0 amide bonds. The lowest BCUT2D eigenvalue weighted by molar-refractivity contribution is 0.223. The topological polar surface area (TPSA) is 55.1 Å². The van der Waals surface area contributed by atoms with E-state index in [9.17, 15) is 0 Å². The first-order valence-electron chi connectivity index (χ1n) is 7.48. The van der Waals surface area contributed by atoms with Gasteiger partial charge in [-0.1, -0.05) is 11.6 Å². The number of nitrogens with zero attached hydrogens (tertiary/aromatic N) is 4. The summed E-state index contributed by atoms with van der Waals surface area (Å²) >= 11 is 5.93. The van der Waals surface area contributed by atoms with Crippen LogP contribution in [0, 0.1) is 0 Å². The second-order valence-corrected chi connectivity index (χ2v) is 6.04. The molecule has 0 saturated heterocycles. The zero-order valence-electron chi connectivity index (χ0n) is 12.4. The Morgan fingerprint density at radius 2 is 2.04 bits per heavy atom. The van der Waals surface area contributed by atoms with Crippen molar-refractivity contribution in [1.29, 1.82) is 0 Å². The summed E-state index contributed by atoms with van der Waals surface area (Å²) in [5, 5.41) is 0.717.